The van der Waals surface area contributed by atoms with E-state index in [9.17, 15) is 21.6 Å². The van der Waals surface area contributed by atoms with Crippen LogP contribution in [0.5, 0.6) is 11.5 Å². The molecule has 1 aliphatic heterocycles. The number of nitrogens with zero attached hydrogens (tertiary/aromatic N) is 2. The molecule has 0 aromatic heterocycles. The van der Waals surface area contributed by atoms with Gasteiger partial charge in [-0.3, -0.25) is 4.79 Å². The highest BCUT2D eigenvalue weighted by molar-refractivity contribution is 8.06. The predicted molar refractivity (Wildman–Crippen MR) is 164 cm³/mol. The monoisotopic (exact) mass is 646 g/mol. The summed E-state index contributed by atoms with van der Waals surface area (Å²) in [6.45, 7) is 7.94. The van der Waals surface area contributed by atoms with E-state index in [1.54, 1.807) is 70.2 Å². The largest absolute Gasteiger partial charge is 0.497 e. The zero-order valence-corrected chi connectivity index (χ0v) is 27.3. The predicted octanol–water partition coefficient (Wildman–Crippen LogP) is 3.31. The SMILES string of the molecule is COc1ccc2c(c1)=NC(S)(S(=O)(=O)c1c(C)cc(OCC(C)(C)C(=O)OCCS(=O)(=O)c3ccc(C)cc3)cc1C)N=2. The molecule has 3 aromatic carbocycles. The van der Waals surface area contributed by atoms with Crippen molar-refractivity contribution >= 4 is 38.3 Å². The first kappa shape index (κ1) is 32.5. The Kier molecular flexibility index (Phi) is 9.01. The molecular weight excluding hydrogens is 613 g/mol. The highest BCUT2D eigenvalue weighted by Gasteiger charge is 2.45. The van der Waals surface area contributed by atoms with E-state index in [-0.39, 0.29) is 28.8 Å². The van der Waals surface area contributed by atoms with Crippen LogP contribution >= 0.6 is 12.6 Å². The van der Waals surface area contributed by atoms with Gasteiger partial charge in [-0.1, -0.05) is 17.7 Å². The van der Waals surface area contributed by atoms with Crippen LogP contribution in [0.2, 0.25) is 0 Å². The van der Waals surface area contributed by atoms with E-state index >= 15 is 0 Å². The number of ether oxygens (including phenoxy) is 3. The maximum Gasteiger partial charge on any atom is 0.315 e. The minimum absolute atomic E-state index is 0.0237. The summed E-state index contributed by atoms with van der Waals surface area (Å²) in [6.07, 6.45) is 0. The molecule has 0 fully saturated rings. The number of methoxy groups -OCH3 is 1. The van der Waals surface area contributed by atoms with Crippen LogP contribution in [0.15, 0.2) is 74.4 Å². The van der Waals surface area contributed by atoms with Crippen LogP contribution in [-0.2, 0) is 29.2 Å². The van der Waals surface area contributed by atoms with Crippen molar-refractivity contribution < 1.29 is 35.8 Å². The number of carbonyl (C=O) groups is 1. The van der Waals surface area contributed by atoms with E-state index in [1.807, 2.05) is 6.92 Å². The van der Waals surface area contributed by atoms with E-state index in [4.69, 9.17) is 14.2 Å². The fraction of sp³-hybridized carbons (Fsp3) is 0.367. The number of aryl methyl sites for hydroxylation is 3. The molecule has 10 nitrogen and oxygen atoms in total. The molecule has 230 valence electrons. The number of hydrogen-bond acceptors (Lipinski definition) is 11. The van der Waals surface area contributed by atoms with Crippen molar-refractivity contribution in [3.63, 3.8) is 0 Å². The van der Waals surface area contributed by atoms with Gasteiger partial charge in [0.05, 0.1) is 38.8 Å². The molecule has 1 heterocycles. The molecule has 13 heteroatoms. The summed E-state index contributed by atoms with van der Waals surface area (Å²) >= 11 is 4.39. The van der Waals surface area contributed by atoms with Crippen LogP contribution in [0.25, 0.3) is 0 Å². The minimum Gasteiger partial charge on any atom is -0.497 e. The molecule has 0 saturated heterocycles. The van der Waals surface area contributed by atoms with Gasteiger partial charge in [0.25, 0.3) is 0 Å². The summed E-state index contributed by atoms with van der Waals surface area (Å²) in [5.74, 6) is -0.118. The van der Waals surface area contributed by atoms with Crippen molar-refractivity contribution in [1.29, 1.82) is 0 Å². The summed E-state index contributed by atoms with van der Waals surface area (Å²) in [5, 5.41) is 0.742. The van der Waals surface area contributed by atoms with Gasteiger partial charge in [0, 0.05) is 6.07 Å². The lowest BCUT2D eigenvalue weighted by molar-refractivity contribution is -0.154. The standard InChI is InChI=1S/C30H34N2O8S3/c1-19-7-10-24(11-8-19)42(34,35)14-13-39-28(33)29(4,5)18-40-23-15-20(2)27(21(3)16-23)43(36,37)30(41)31-25-12-9-22(38-6)17-26(25)32-30/h7-12,15-17,41H,13-14,18H2,1-6H3. The zero-order valence-electron chi connectivity index (χ0n) is 24.7. The first-order valence-corrected chi connectivity index (χ1v) is 16.9. The molecule has 43 heavy (non-hydrogen) atoms. The highest BCUT2D eigenvalue weighted by Crippen LogP contribution is 2.37. The van der Waals surface area contributed by atoms with Gasteiger partial charge in [-0.25, -0.2) is 26.8 Å². The lowest BCUT2D eigenvalue weighted by Gasteiger charge is -2.24. The molecule has 1 aliphatic rings. The van der Waals surface area contributed by atoms with Gasteiger partial charge >= 0.3 is 10.3 Å². The summed E-state index contributed by atoms with van der Waals surface area (Å²) in [4.78, 5) is 21.6. The Morgan fingerprint density at radius 1 is 0.884 bits per heavy atom. The average molecular weight is 647 g/mol. The van der Waals surface area contributed by atoms with Gasteiger partial charge in [0.1, 0.15) is 24.7 Å². The molecule has 0 N–H and O–H groups in total. The molecular formula is C30H34N2O8S3. The van der Waals surface area contributed by atoms with E-state index < -0.39 is 35.4 Å². The molecule has 1 atom stereocenters. The van der Waals surface area contributed by atoms with Crippen LogP contribution in [0.3, 0.4) is 0 Å². The van der Waals surface area contributed by atoms with Gasteiger partial charge in [0.2, 0.25) is 9.84 Å². The maximum atomic E-state index is 13.8. The second kappa shape index (κ2) is 11.9. The Morgan fingerprint density at radius 3 is 2.09 bits per heavy atom. The van der Waals surface area contributed by atoms with Gasteiger partial charge in [-0.05, 0) is 82.1 Å². The highest BCUT2D eigenvalue weighted by atomic mass is 32.2. The normalized spacial score (nSPS) is 16.5. The van der Waals surface area contributed by atoms with Crippen LogP contribution in [0.4, 0.5) is 0 Å². The fourth-order valence-electron chi connectivity index (χ4n) is 4.45. The van der Waals surface area contributed by atoms with Crippen molar-refractivity contribution in [2.75, 3.05) is 26.1 Å². The number of carbonyl (C=O) groups excluding carboxylic acids is 1. The fourth-order valence-corrected chi connectivity index (χ4v) is 7.71. The van der Waals surface area contributed by atoms with E-state index in [0.717, 1.165) is 5.56 Å². The molecule has 1 unspecified atom stereocenters. The minimum atomic E-state index is -4.19. The Hall–Kier alpha value is -3.42. The quantitative estimate of drug-likeness (QED) is 0.248. The molecule has 3 aromatic rings. The molecule has 0 bridgehead atoms. The molecule has 0 aliphatic carbocycles. The van der Waals surface area contributed by atoms with Crippen molar-refractivity contribution in [1.82, 2.24) is 0 Å². The third-order valence-corrected chi connectivity index (χ3v) is 11.6. The number of thiol groups is 1. The summed E-state index contributed by atoms with van der Waals surface area (Å²) < 4.78 is 67.0. The maximum absolute atomic E-state index is 13.8. The zero-order chi connectivity index (χ0) is 31.8. The topological polar surface area (TPSA) is 138 Å². The van der Waals surface area contributed by atoms with Gasteiger partial charge in [0.15, 0.2) is 9.84 Å². The molecule has 0 radical (unpaired) electrons. The summed E-state index contributed by atoms with van der Waals surface area (Å²) in [6, 6.07) is 14.4. The van der Waals surface area contributed by atoms with E-state index in [2.05, 4.69) is 22.6 Å². The summed E-state index contributed by atoms with van der Waals surface area (Å²) in [5.41, 5.74) is 0.601. The summed E-state index contributed by atoms with van der Waals surface area (Å²) in [7, 11) is -6.31. The third kappa shape index (κ3) is 6.73. The Bertz CT molecular complexity index is 1880. The van der Waals surface area contributed by atoms with Gasteiger partial charge < -0.3 is 14.2 Å². The van der Waals surface area contributed by atoms with Crippen LogP contribution in [-0.4, -0.2) is 53.2 Å². The lowest BCUT2D eigenvalue weighted by Crippen LogP contribution is -2.34. The van der Waals surface area contributed by atoms with E-state index in [0.29, 0.717) is 33.3 Å². The number of sulfone groups is 2. The van der Waals surface area contributed by atoms with Crippen molar-refractivity contribution in [3.8, 4) is 11.5 Å². The van der Waals surface area contributed by atoms with E-state index in [1.165, 1.54) is 19.2 Å². The van der Waals surface area contributed by atoms with Gasteiger partial charge in [-0.15, -0.1) is 12.6 Å². The smallest absolute Gasteiger partial charge is 0.315 e. The number of fused-ring (bicyclic) bond motifs is 1. The second-order valence-electron chi connectivity index (χ2n) is 11.0. The number of benzene rings is 3. The third-order valence-electron chi connectivity index (χ3n) is 6.90. The number of rotatable bonds is 11. The van der Waals surface area contributed by atoms with Crippen molar-refractivity contribution in [2.24, 2.45) is 15.4 Å². The number of esters is 1. The van der Waals surface area contributed by atoms with Gasteiger partial charge in [-0.2, -0.15) is 0 Å². The van der Waals surface area contributed by atoms with Crippen LogP contribution < -0.4 is 20.2 Å². The molecule has 0 amide bonds. The number of hydrogen-bond donors (Lipinski definition) is 1. The van der Waals surface area contributed by atoms with Crippen molar-refractivity contribution in [2.45, 2.75) is 48.7 Å². The van der Waals surface area contributed by atoms with Crippen LogP contribution in [0.1, 0.15) is 30.5 Å². The Labute approximate surface area is 257 Å². The molecule has 4 rings (SSSR count). The Balaban J connectivity index is 1.44. The second-order valence-corrected chi connectivity index (χ2v) is 16.0. The molecule has 0 saturated carbocycles. The molecule has 0 spiro atoms. The lowest BCUT2D eigenvalue weighted by atomic mass is 9.95. The van der Waals surface area contributed by atoms with Crippen LogP contribution in [0, 0.1) is 26.2 Å². The first-order chi connectivity index (χ1) is 20.0. The first-order valence-electron chi connectivity index (χ1n) is 13.3. The Morgan fingerprint density at radius 2 is 1.49 bits per heavy atom. The average Bonchev–Trinajstić information content (AvgIpc) is 3.28. The van der Waals surface area contributed by atoms with Crippen molar-refractivity contribution in [3.05, 3.63) is 82.0 Å².